The van der Waals surface area contributed by atoms with Crippen LogP contribution in [0.4, 0.5) is 4.79 Å². The van der Waals surface area contributed by atoms with E-state index in [1.807, 2.05) is 70.2 Å². The van der Waals surface area contributed by atoms with E-state index in [2.05, 4.69) is 23.2 Å². The molecule has 1 saturated heterocycles. The van der Waals surface area contributed by atoms with E-state index in [1.54, 1.807) is 20.2 Å². The molecule has 2 aromatic carbocycles. The van der Waals surface area contributed by atoms with Crippen LogP contribution in [-0.4, -0.2) is 43.8 Å². The van der Waals surface area contributed by atoms with Gasteiger partial charge in [-0.3, -0.25) is 9.13 Å². The minimum atomic E-state index is -0.562. The average Bonchev–Trinajstić information content (AvgIpc) is 3.41. The van der Waals surface area contributed by atoms with Crippen molar-refractivity contribution in [3.63, 3.8) is 0 Å². The van der Waals surface area contributed by atoms with Gasteiger partial charge in [-0.25, -0.2) is 14.6 Å². The van der Waals surface area contributed by atoms with Crippen LogP contribution in [0.25, 0.3) is 28.0 Å². The van der Waals surface area contributed by atoms with E-state index in [9.17, 15) is 9.59 Å². The van der Waals surface area contributed by atoms with Gasteiger partial charge in [0.15, 0.2) is 5.65 Å². The first-order valence-electron chi connectivity index (χ1n) is 12.0. The Kier molecular flexibility index (Phi) is 5.71. The monoisotopic (exact) mass is 470 g/mol. The number of nitrogens with zero attached hydrogens (tertiary/aromatic N) is 4. The lowest BCUT2D eigenvalue weighted by Crippen LogP contribution is -2.36. The summed E-state index contributed by atoms with van der Waals surface area (Å²) in [6.07, 6.45) is 2.02. The highest BCUT2D eigenvalue weighted by atomic mass is 16.6. The highest BCUT2D eigenvalue weighted by Crippen LogP contribution is 2.29. The Labute approximate surface area is 204 Å². The number of pyridine rings is 1. The number of aryl methyl sites for hydroxylation is 1. The molecule has 1 atom stereocenters. The van der Waals surface area contributed by atoms with E-state index in [1.165, 1.54) is 0 Å². The van der Waals surface area contributed by atoms with Crippen molar-refractivity contribution in [2.45, 2.75) is 45.8 Å². The molecule has 1 aliphatic heterocycles. The van der Waals surface area contributed by atoms with Crippen LogP contribution in [-0.2, 0) is 4.74 Å². The SMILES string of the molecule is Cc1cc(-c2ccccc2)ccc1-n1c(=O)n([C@H]2CCN(C(=O)OC(C)(C)C)C2)c2ncccc21. The van der Waals surface area contributed by atoms with E-state index in [0.717, 1.165) is 27.9 Å². The number of benzene rings is 2. The summed E-state index contributed by atoms with van der Waals surface area (Å²) in [5, 5.41) is 0. The zero-order chi connectivity index (χ0) is 24.7. The number of amides is 1. The van der Waals surface area contributed by atoms with Crippen molar-refractivity contribution in [3.05, 3.63) is 82.9 Å². The van der Waals surface area contributed by atoms with Gasteiger partial charge >= 0.3 is 11.8 Å². The van der Waals surface area contributed by atoms with Crippen molar-refractivity contribution in [3.8, 4) is 16.8 Å². The largest absolute Gasteiger partial charge is 0.444 e. The molecule has 0 bridgehead atoms. The van der Waals surface area contributed by atoms with Gasteiger partial charge in [0.25, 0.3) is 0 Å². The van der Waals surface area contributed by atoms with Crippen LogP contribution in [0.1, 0.15) is 38.8 Å². The number of hydrogen-bond acceptors (Lipinski definition) is 4. The first-order valence-corrected chi connectivity index (χ1v) is 12.0. The maximum atomic E-state index is 13.8. The standard InChI is InChI=1S/C28H30N4O3/c1-19-17-21(20-9-6-5-7-10-20)12-13-23(19)32-24-11-8-15-29-25(24)31(26(32)33)22-14-16-30(18-22)27(34)35-28(2,3)4/h5-13,15,17,22H,14,16,18H2,1-4H3/t22-/m0/s1. The number of rotatable bonds is 3. The molecule has 3 heterocycles. The smallest absolute Gasteiger partial charge is 0.410 e. The quantitative estimate of drug-likeness (QED) is 0.405. The van der Waals surface area contributed by atoms with Crippen molar-refractivity contribution in [1.82, 2.24) is 19.0 Å². The molecule has 0 unspecified atom stereocenters. The molecule has 1 fully saturated rings. The van der Waals surface area contributed by atoms with E-state index in [4.69, 9.17) is 4.74 Å². The van der Waals surface area contributed by atoms with Crippen molar-refractivity contribution < 1.29 is 9.53 Å². The highest BCUT2D eigenvalue weighted by Gasteiger charge is 2.33. The number of likely N-dealkylation sites (tertiary alicyclic amines) is 1. The van der Waals surface area contributed by atoms with Crippen molar-refractivity contribution in [2.24, 2.45) is 0 Å². The number of hydrogen-bond donors (Lipinski definition) is 0. The molecule has 180 valence electrons. The van der Waals surface area contributed by atoms with Crippen LogP contribution in [0.3, 0.4) is 0 Å². The van der Waals surface area contributed by atoms with E-state index >= 15 is 0 Å². The van der Waals surface area contributed by atoms with Gasteiger partial charge in [-0.15, -0.1) is 0 Å². The zero-order valence-corrected chi connectivity index (χ0v) is 20.6. The van der Waals surface area contributed by atoms with Crippen LogP contribution >= 0.6 is 0 Å². The third-order valence-corrected chi connectivity index (χ3v) is 6.36. The fourth-order valence-electron chi connectivity index (χ4n) is 4.77. The number of ether oxygens (including phenoxy) is 1. The van der Waals surface area contributed by atoms with Gasteiger partial charge in [-0.05, 0) is 75.1 Å². The summed E-state index contributed by atoms with van der Waals surface area (Å²) in [6, 6.07) is 19.9. The predicted molar refractivity (Wildman–Crippen MR) is 137 cm³/mol. The van der Waals surface area contributed by atoms with Crippen molar-refractivity contribution in [2.75, 3.05) is 13.1 Å². The van der Waals surface area contributed by atoms with Gasteiger partial charge < -0.3 is 9.64 Å². The van der Waals surface area contributed by atoms with Crippen molar-refractivity contribution in [1.29, 1.82) is 0 Å². The number of fused-ring (bicyclic) bond motifs is 1. The second-order valence-corrected chi connectivity index (χ2v) is 10.1. The first kappa shape index (κ1) is 22.9. The Morgan fingerprint density at radius 3 is 2.51 bits per heavy atom. The number of imidazole rings is 1. The summed E-state index contributed by atoms with van der Waals surface area (Å²) in [7, 11) is 0. The lowest BCUT2D eigenvalue weighted by Gasteiger charge is -2.24. The summed E-state index contributed by atoms with van der Waals surface area (Å²) in [5.41, 5.74) is 4.73. The molecule has 5 rings (SSSR count). The Morgan fingerprint density at radius 1 is 1.03 bits per heavy atom. The summed E-state index contributed by atoms with van der Waals surface area (Å²) < 4.78 is 9.02. The molecule has 7 nitrogen and oxygen atoms in total. The van der Waals surface area contributed by atoms with E-state index < -0.39 is 5.60 Å². The Balaban J connectivity index is 1.54. The predicted octanol–water partition coefficient (Wildman–Crippen LogP) is 5.34. The van der Waals surface area contributed by atoms with E-state index in [0.29, 0.717) is 25.2 Å². The second kappa shape index (κ2) is 8.73. The van der Waals surface area contributed by atoms with Crippen LogP contribution < -0.4 is 5.69 Å². The second-order valence-electron chi connectivity index (χ2n) is 10.1. The molecule has 0 aliphatic carbocycles. The summed E-state index contributed by atoms with van der Waals surface area (Å²) in [5.74, 6) is 0. The van der Waals surface area contributed by atoms with Gasteiger partial charge in [0.2, 0.25) is 0 Å². The molecule has 0 saturated carbocycles. The molecule has 1 amide bonds. The maximum absolute atomic E-state index is 13.8. The average molecular weight is 471 g/mol. The number of aromatic nitrogens is 3. The Bertz CT molecular complexity index is 1450. The van der Waals surface area contributed by atoms with E-state index in [-0.39, 0.29) is 17.8 Å². The van der Waals surface area contributed by atoms with Gasteiger partial charge in [0, 0.05) is 19.3 Å². The van der Waals surface area contributed by atoms with Gasteiger partial charge in [0.05, 0.1) is 17.2 Å². The fraction of sp³-hybridized carbons (Fsp3) is 0.321. The Morgan fingerprint density at radius 2 is 1.80 bits per heavy atom. The lowest BCUT2D eigenvalue weighted by atomic mass is 10.0. The third-order valence-electron chi connectivity index (χ3n) is 6.36. The first-order chi connectivity index (χ1) is 16.7. The van der Waals surface area contributed by atoms with Crippen LogP contribution in [0.5, 0.6) is 0 Å². The van der Waals surface area contributed by atoms with Crippen LogP contribution in [0.15, 0.2) is 71.7 Å². The zero-order valence-electron chi connectivity index (χ0n) is 20.6. The fourth-order valence-corrected chi connectivity index (χ4v) is 4.77. The van der Waals surface area contributed by atoms with Gasteiger partial charge in [-0.2, -0.15) is 0 Å². The number of carbonyl (C=O) groups excluding carboxylic acids is 1. The summed E-state index contributed by atoms with van der Waals surface area (Å²) in [6.45, 7) is 8.53. The molecule has 2 aromatic heterocycles. The van der Waals surface area contributed by atoms with Crippen molar-refractivity contribution >= 4 is 17.3 Å². The molecule has 7 heteroatoms. The molecule has 0 spiro atoms. The van der Waals surface area contributed by atoms with Gasteiger partial charge in [0.1, 0.15) is 5.60 Å². The summed E-state index contributed by atoms with van der Waals surface area (Å²) >= 11 is 0. The molecular weight excluding hydrogens is 440 g/mol. The summed E-state index contributed by atoms with van der Waals surface area (Å²) in [4.78, 5) is 32.7. The number of carbonyl (C=O) groups is 1. The van der Waals surface area contributed by atoms with Crippen LogP contribution in [0, 0.1) is 6.92 Å². The topological polar surface area (TPSA) is 69.4 Å². The molecule has 0 N–H and O–H groups in total. The Hall–Kier alpha value is -3.87. The molecule has 4 aromatic rings. The minimum Gasteiger partial charge on any atom is -0.444 e. The normalized spacial score (nSPS) is 16.1. The van der Waals surface area contributed by atoms with Gasteiger partial charge in [-0.1, -0.05) is 36.4 Å². The van der Waals surface area contributed by atoms with Crippen LogP contribution in [0.2, 0.25) is 0 Å². The molecule has 1 aliphatic rings. The molecular formula is C28H30N4O3. The minimum absolute atomic E-state index is 0.148. The molecule has 0 radical (unpaired) electrons. The lowest BCUT2D eigenvalue weighted by molar-refractivity contribution is 0.0289. The highest BCUT2D eigenvalue weighted by molar-refractivity contribution is 5.76. The third kappa shape index (κ3) is 4.34. The maximum Gasteiger partial charge on any atom is 0.410 e. The molecule has 35 heavy (non-hydrogen) atoms.